The Labute approximate surface area is 226 Å². The summed E-state index contributed by atoms with van der Waals surface area (Å²) >= 11 is 1.45. The van der Waals surface area contributed by atoms with Crippen LogP contribution in [0.2, 0.25) is 0 Å². The normalized spacial score (nSPS) is 13.9. The molecule has 2 aromatic heterocycles. The molecule has 0 radical (unpaired) electrons. The number of H-pyrrole nitrogens is 1. The summed E-state index contributed by atoms with van der Waals surface area (Å²) in [5.41, 5.74) is 2.41. The molecule has 1 aliphatic heterocycles. The number of amides is 1. The lowest BCUT2D eigenvalue weighted by molar-refractivity contribution is 0.102. The summed E-state index contributed by atoms with van der Waals surface area (Å²) in [6.07, 6.45) is 1.97. The van der Waals surface area contributed by atoms with Crippen LogP contribution in [-0.4, -0.2) is 69.2 Å². The largest absolute Gasteiger partial charge is 0.338 e. The van der Waals surface area contributed by atoms with Crippen LogP contribution in [0.25, 0.3) is 0 Å². The van der Waals surface area contributed by atoms with Gasteiger partial charge in [-0.05, 0) is 61.6 Å². The lowest BCUT2D eigenvalue weighted by Crippen LogP contribution is -2.45. The molecule has 1 aliphatic rings. The second kappa shape index (κ2) is 12.1. The number of nitrogens with one attached hydrogen (secondary N) is 3. The first-order valence-corrected chi connectivity index (χ1v) is 13.5. The van der Waals surface area contributed by atoms with Gasteiger partial charge >= 0.3 is 0 Å². The number of hydrogen-bond acceptors (Lipinski definition) is 9. The Morgan fingerprint density at radius 2 is 1.76 bits per heavy atom. The van der Waals surface area contributed by atoms with Crippen molar-refractivity contribution in [2.45, 2.75) is 29.8 Å². The molecule has 0 saturated carbocycles. The number of piperazine rings is 1. The van der Waals surface area contributed by atoms with Crippen molar-refractivity contribution in [3.05, 3.63) is 71.9 Å². The third-order valence-corrected chi connectivity index (χ3v) is 7.01. The SMILES string of the molecule is CCCc1cc(Nc2nc(Sc3ccc(NC(=O)c4ccccc4)cc3)nc(N3CCN(C)CC3)n2)n[nH]1. The van der Waals surface area contributed by atoms with Crippen molar-refractivity contribution in [2.24, 2.45) is 0 Å². The summed E-state index contributed by atoms with van der Waals surface area (Å²) in [6.45, 7) is 5.74. The van der Waals surface area contributed by atoms with Crippen molar-refractivity contribution in [1.29, 1.82) is 0 Å². The number of hydrogen-bond donors (Lipinski definition) is 3. The number of aromatic amines is 1. The highest BCUT2D eigenvalue weighted by atomic mass is 32.2. The maximum Gasteiger partial charge on any atom is 0.255 e. The Balaban J connectivity index is 1.33. The zero-order valence-electron chi connectivity index (χ0n) is 21.5. The molecule has 1 saturated heterocycles. The Morgan fingerprint density at radius 1 is 1.00 bits per heavy atom. The molecule has 38 heavy (non-hydrogen) atoms. The maximum atomic E-state index is 12.5. The van der Waals surface area contributed by atoms with Gasteiger partial charge < -0.3 is 20.4 Å². The van der Waals surface area contributed by atoms with Gasteiger partial charge in [0, 0.05) is 54.1 Å². The first kappa shape index (κ1) is 25.7. The number of nitrogens with zero attached hydrogens (tertiary/aromatic N) is 6. The molecule has 196 valence electrons. The Bertz CT molecular complexity index is 1350. The molecular weight excluding hydrogens is 498 g/mol. The summed E-state index contributed by atoms with van der Waals surface area (Å²) in [4.78, 5) is 32.0. The van der Waals surface area contributed by atoms with E-state index in [4.69, 9.17) is 9.97 Å². The van der Waals surface area contributed by atoms with Gasteiger partial charge in [0.15, 0.2) is 11.0 Å². The molecule has 2 aromatic carbocycles. The van der Waals surface area contributed by atoms with Crippen molar-refractivity contribution in [1.82, 2.24) is 30.0 Å². The minimum absolute atomic E-state index is 0.142. The molecule has 11 heteroatoms. The number of carbonyl (C=O) groups excluding carboxylic acids is 1. The standard InChI is InChI=1S/C27H31N9OS/c1-3-7-21-18-23(34-33-21)29-25-30-26(36-16-14-35(2)15-17-36)32-27(31-25)38-22-12-10-20(11-13-22)28-24(37)19-8-5-4-6-9-19/h4-6,8-13,18H,3,7,14-17H2,1-2H3,(H,28,37)(H2,29,30,31,32,33,34). The van der Waals surface area contributed by atoms with Crippen LogP contribution >= 0.6 is 11.8 Å². The molecule has 3 N–H and O–H groups in total. The Kier molecular flexibility index (Phi) is 8.15. The summed E-state index contributed by atoms with van der Waals surface area (Å²) in [5.74, 6) is 1.64. The number of likely N-dealkylation sites (N-methyl/N-ethyl adjacent to an activating group) is 1. The number of rotatable bonds is 9. The zero-order valence-corrected chi connectivity index (χ0v) is 22.3. The second-order valence-electron chi connectivity index (χ2n) is 9.13. The molecule has 0 atom stereocenters. The van der Waals surface area contributed by atoms with Gasteiger partial charge in [-0.3, -0.25) is 9.89 Å². The lowest BCUT2D eigenvalue weighted by atomic mass is 10.2. The van der Waals surface area contributed by atoms with Gasteiger partial charge in [-0.25, -0.2) is 0 Å². The number of anilines is 4. The first-order valence-electron chi connectivity index (χ1n) is 12.7. The average molecular weight is 530 g/mol. The van der Waals surface area contributed by atoms with Crippen LogP contribution in [0.4, 0.5) is 23.4 Å². The molecule has 4 aromatic rings. The van der Waals surface area contributed by atoms with E-state index in [1.54, 1.807) is 12.1 Å². The van der Waals surface area contributed by atoms with Crippen LogP contribution in [0.3, 0.4) is 0 Å². The number of benzene rings is 2. The molecule has 10 nitrogen and oxygen atoms in total. The molecule has 0 spiro atoms. The van der Waals surface area contributed by atoms with E-state index in [0.717, 1.165) is 55.3 Å². The smallest absolute Gasteiger partial charge is 0.255 e. The predicted molar refractivity (Wildman–Crippen MR) is 150 cm³/mol. The summed E-state index contributed by atoms with van der Waals surface area (Å²) < 4.78 is 0. The van der Waals surface area contributed by atoms with Crippen LogP contribution in [0.5, 0.6) is 0 Å². The van der Waals surface area contributed by atoms with Crippen LogP contribution in [0.1, 0.15) is 29.4 Å². The van der Waals surface area contributed by atoms with E-state index in [2.05, 4.69) is 49.6 Å². The molecule has 5 rings (SSSR count). The second-order valence-corrected chi connectivity index (χ2v) is 10.2. The Morgan fingerprint density at radius 3 is 2.50 bits per heavy atom. The van der Waals surface area contributed by atoms with Crippen molar-refractivity contribution < 1.29 is 4.79 Å². The minimum atomic E-state index is -0.142. The van der Waals surface area contributed by atoms with Crippen LogP contribution in [-0.2, 0) is 6.42 Å². The maximum absolute atomic E-state index is 12.5. The topological polar surface area (TPSA) is 115 Å². The molecular formula is C27H31N9OS. The highest BCUT2D eigenvalue weighted by Crippen LogP contribution is 2.29. The van der Waals surface area contributed by atoms with Gasteiger partial charge in [0.05, 0.1) is 0 Å². The predicted octanol–water partition coefficient (Wildman–Crippen LogP) is 4.45. The summed E-state index contributed by atoms with van der Waals surface area (Å²) in [7, 11) is 2.12. The van der Waals surface area contributed by atoms with Gasteiger partial charge in [0.2, 0.25) is 11.9 Å². The van der Waals surface area contributed by atoms with E-state index >= 15 is 0 Å². The van der Waals surface area contributed by atoms with E-state index in [1.807, 2.05) is 48.5 Å². The van der Waals surface area contributed by atoms with Crippen molar-refractivity contribution in [2.75, 3.05) is 48.8 Å². The molecule has 0 bridgehead atoms. The van der Waals surface area contributed by atoms with Gasteiger partial charge in [0.25, 0.3) is 5.91 Å². The Hall–Kier alpha value is -3.96. The van der Waals surface area contributed by atoms with E-state index in [0.29, 0.717) is 28.4 Å². The quantitative estimate of drug-likeness (QED) is 0.289. The van der Waals surface area contributed by atoms with Gasteiger partial charge in [-0.15, -0.1) is 0 Å². The highest BCUT2D eigenvalue weighted by molar-refractivity contribution is 7.99. The van der Waals surface area contributed by atoms with Crippen molar-refractivity contribution in [3.8, 4) is 0 Å². The van der Waals surface area contributed by atoms with Gasteiger partial charge in [-0.1, -0.05) is 31.5 Å². The number of carbonyl (C=O) groups is 1. The average Bonchev–Trinajstić information content (AvgIpc) is 3.37. The van der Waals surface area contributed by atoms with Crippen LogP contribution in [0.15, 0.2) is 70.7 Å². The third kappa shape index (κ3) is 6.67. The lowest BCUT2D eigenvalue weighted by Gasteiger charge is -2.32. The fourth-order valence-corrected chi connectivity index (χ4v) is 4.78. The molecule has 3 heterocycles. The molecule has 1 fully saturated rings. The fourth-order valence-electron chi connectivity index (χ4n) is 4.04. The van der Waals surface area contributed by atoms with E-state index in [-0.39, 0.29) is 5.91 Å². The highest BCUT2D eigenvalue weighted by Gasteiger charge is 2.19. The van der Waals surface area contributed by atoms with Gasteiger partial charge in [-0.2, -0.15) is 20.1 Å². The van der Waals surface area contributed by atoms with E-state index in [1.165, 1.54) is 11.8 Å². The summed E-state index contributed by atoms with van der Waals surface area (Å²) in [6, 6.07) is 18.8. The molecule has 0 aliphatic carbocycles. The molecule has 0 unspecified atom stereocenters. The van der Waals surface area contributed by atoms with Crippen LogP contribution in [0, 0.1) is 0 Å². The van der Waals surface area contributed by atoms with Crippen molar-refractivity contribution >= 4 is 41.1 Å². The van der Waals surface area contributed by atoms with Crippen LogP contribution < -0.4 is 15.5 Å². The monoisotopic (exact) mass is 529 g/mol. The third-order valence-electron chi connectivity index (χ3n) is 6.14. The number of aryl methyl sites for hydroxylation is 1. The number of aromatic nitrogens is 5. The van der Waals surface area contributed by atoms with Crippen molar-refractivity contribution in [3.63, 3.8) is 0 Å². The van der Waals surface area contributed by atoms with E-state index < -0.39 is 0 Å². The first-order chi connectivity index (χ1) is 18.6. The van der Waals surface area contributed by atoms with E-state index in [9.17, 15) is 4.79 Å². The van der Waals surface area contributed by atoms with Gasteiger partial charge in [0.1, 0.15) is 0 Å². The zero-order chi connectivity index (χ0) is 26.3. The molecule has 1 amide bonds. The minimum Gasteiger partial charge on any atom is -0.338 e. The fraction of sp³-hybridized carbons (Fsp3) is 0.296. The summed E-state index contributed by atoms with van der Waals surface area (Å²) in [5, 5.41) is 14.2.